The fourth-order valence-electron chi connectivity index (χ4n) is 2.66. The molecular weight excluding hydrogens is 335 g/mol. The van der Waals surface area contributed by atoms with Gasteiger partial charge in [-0.3, -0.25) is 9.59 Å². The van der Waals surface area contributed by atoms with Crippen molar-refractivity contribution in [2.75, 3.05) is 11.9 Å². The van der Waals surface area contributed by atoms with Crippen molar-refractivity contribution in [3.8, 4) is 0 Å². The van der Waals surface area contributed by atoms with Crippen LogP contribution >= 0.6 is 23.2 Å². The summed E-state index contributed by atoms with van der Waals surface area (Å²) in [4.78, 5) is 24.1. The number of para-hydroxylation sites is 1. The topological polar surface area (TPSA) is 58.2 Å². The van der Waals surface area contributed by atoms with Crippen molar-refractivity contribution in [3.05, 3.63) is 63.6 Å². The maximum Gasteiger partial charge on any atom is 0.252 e. The van der Waals surface area contributed by atoms with Gasteiger partial charge >= 0.3 is 0 Å². The second-order valence-electron chi connectivity index (χ2n) is 5.30. The smallest absolute Gasteiger partial charge is 0.252 e. The van der Waals surface area contributed by atoms with Crippen molar-refractivity contribution in [1.29, 1.82) is 0 Å². The van der Waals surface area contributed by atoms with Crippen LogP contribution in [0.25, 0.3) is 0 Å². The van der Waals surface area contributed by atoms with E-state index in [1.807, 2.05) is 24.3 Å². The Morgan fingerprint density at radius 2 is 1.96 bits per heavy atom. The standard InChI is InChI=1S/C17H14Cl2N2O2/c18-10-5-6-13(14(19)9-10)16(22)20-8-7-12-11-3-1-2-4-15(11)21-17(12)23/h1-6,9,12H,7-8H2,(H,20,22)(H,21,23). The molecule has 2 amide bonds. The van der Waals surface area contributed by atoms with Gasteiger partial charge in [0.2, 0.25) is 5.91 Å². The Hall–Kier alpha value is -2.04. The zero-order valence-corrected chi connectivity index (χ0v) is 13.6. The van der Waals surface area contributed by atoms with Crippen molar-refractivity contribution in [1.82, 2.24) is 5.32 Å². The SMILES string of the molecule is O=C(NCCC1C(=O)Nc2ccccc21)c1ccc(Cl)cc1Cl. The summed E-state index contributed by atoms with van der Waals surface area (Å²) in [5.41, 5.74) is 2.18. The van der Waals surface area contributed by atoms with Gasteiger partial charge in [-0.05, 0) is 36.2 Å². The molecule has 3 rings (SSSR count). The minimum absolute atomic E-state index is 0.0371. The van der Waals surface area contributed by atoms with Gasteiger partial charge in [0.1, 0.15) is 0 Å². The van der Waals surface area contributed by atoms with Gasteiger partial charge in [-0.15, -0.1) is 0 Å². The van der Waals surface area contributed by atoms with E-state index < -0.39 is 0 Å². The minimum Gasteiger partial charge on any atom is -0.352 e. The lowest BCUT2D eigenvalue weighted by molar-refractivity contribution is -0.117. The first-order valence-corrected chi connectivity index (χ1v) is 7.95. The highest BCUT2D eigenvalue weighted by Gasteiger charge is 2.29. The molecule has 2 aromatic rings. The van der Waals surface area contributed by atoms with E-state index in [-0.39, 0.29) is 17.7 Å². The van der Waals surface area contributed by atoms with Crippen LogP contribution < -0.4 is 10.6 Å². The monoisotopic (exact) mass is 348 g/mol. The highest BCUT2D eigenvalue weighted by Crippen LogP contribution is 2.33. The molecule has 1 unspecified atom stereocenters. The largest absolute Gasteiger partial charge is 0.352 e. The maximum absolute atomic E-state index is 12.1. The van der Waals surface area contributed by atoms with E-state index in [2.05, 4.69) is 10.6 Å². The van der Waals surface area contributed by atoms with Gasteiger partial charge in [0.15, 0.2) is 0 Å². The zero-order valence-electron chi connectivity index (χ0n) is 12.1. The Morgan fingerprint density at radius 1 is 1.17 bits per heavy atom. The number of amides is 2. The number of rotatable bonds is 4. The van der Waals surface area contributed by atoms with Crippen LogP contribution in [-0.2, 0) is 4.79 Å². The lowest BCUT2D eigenvalue weighted by Gasteiger charge is -2.10. The molecule has 2 N–H and O–H groups in total. The molecule has 1 aliphatic rings. The summed E-state index contributed by atoms with van der Waals surface area (Å²) in [6.45, 7) is 0.379. The van der Waals surface area contributed by atoms with Crippen LogP contribution in [0.4, 0.5) is 5.69 Å². The Morgan fingerprint density at radius 3 is 2.74 bits per heavy atom. The lowest BCUT2D eigenvalue weighted by atomic mass is 9.97. The highest BCUT2D eigenvalue weighted by atomic mass is 35.5. The third-order valence-corrected chi connectivity index (χ3v) is 4.35. The number of nitrogens with one attached hydrogen (secondary N) is 2. The Labute approximate surface area is 143 Å². The van der Waals surface area contributed by atoms with E-state index in [0.29, 0.717) is 28.6 Å². The molecule has 1 heterocycles. The van der Waals surface area contributed by atoms with Crippen LogP contribution in [0.1, 0.15) is 28.3 Å². The van der Waals surface area contributed by atoms with E-state index in [0.717, 1.165) is 11.3 Å². The van der Waals surface area contributed by atoms with Crippen molar-refractivity contribution in [2.24, 2.45) is 0 Å². The van der Waals surface area contributed by atoms with E-state index in [9.17, 15) is 9.59 Å². The van der Waals surface area contributed by atoms with Gasteiger partial charge in [0, 0.05) is 17.3 Å². The fraction of sp³-hybridized carbons (Fsp3) is 0.176. The summed E-state index contributed by atoms with van der Waals surface area (Å²) in [6.07, 6.45) is 0.528. The second kappa shape index (κ2) is 6.60. The first-order chi connectivity index (χ1) is 11.1. The summed E-state index contributed by atoms with van der Waals surface area (Å²) in [7, 11) is 0. The molecule has 0 spiro atoms. The van der Waals surface area contributed by atoms with Crippen LogP contribution in [0.2, 0.25) is 10.0 Å². The van der Waals surface area contributed by atoms with Gasteiger partial charge in [-0.25, -0.2) is 0 Å². The summed E-state index contributed by atoms with van der Waals surface area (Å²) >= 11 is 11.8. The van der Waals surface area contributed by atoms with Crippen molar-refractivity contribution >= 4 is 40.7 Å². The van der Waals surface area contributed by atoms with Crippen LogP contribution in [0.3, 0.4) is 0 Å². The molecule has 0 saturated heterocycles. The number of carbonyl (C=O) groups excluding carboxylic acids is 2. The van der Waals surface area contributed by atoms with E-state index in [1.165, 1.54) is 6.07 Å². The zero-order chi connectivity index (χ0) is 16.4. The molecule has 4 nitrogen and oxygen atoms in total. The third kappa shape index (κ3) is 3.33. The molecule has 0 saturated carbocycles. The molecule has 1 aliphatic heterocycles. The first kappa shape index (κ1) is 15.8. The Balaban J connectivity index is 1.61. The molecule has 0 aliphatic carbocycles. The van der Waals surface area contributed by atoms with E-state index in [1.54, 1.807) is 12.1 Å². The fourth-order valence-corrected chi connectivity index (χ4v) is 3.16. The predicted molar refractivity (Wildman–Crippen MR) is 91.2 cm³/mol. The normalized spacial score (nSPS) is 15.9. The van der Waals surface area contributed by atoms with Gasteiger partial charge in [0.25, 0.3) is 5.91 Å². The predicted octanol–water partition coefficient (Wildman–Crippen LogP) is 3.85. The first-order valence-electron chi connectivity index (χ1n) is 7.19. The van der Waals surface area contributed by atoms with Crippen molar-refractivity contribution < 1.29 is 9.59 Å². The van der Waals surface area contributed by atoms with Crippen molar-refractivity contribution in [2.45, 2.75) is 12.3 Å². The van der Waals surface area contributed by atoms with E-state index in [4.69, 9.17) is 23.2 Å². The number of hydrogen-bond acceptors (Lipinski definition) is 2. The van der Waals surface area contributed by atoms with Gasteiger partial charge in [0.05, 0.1) is 16.5 Å². The quantitative estimate of drug-likeness (QED) is 0.881. The van der Waals surface area contributed by atoms with Crippen LogP contribution in [0.5, 0.6) is 0 Å². The lowest BCUT2D eigenvalue weighted by Crippen LogP contribution is -2.27. The maximum atomic E-state index is 12.1. The molecule has 0 aromatic heterocycles. The van der Waals surface area contributed by atoms with E-state index >= 15 is 0 Å². The number of fused-ring (bicyclic) bond motifs is 1. The van der Waals surface area contributed by atoms with Crippen LogP contribution in [0, 0.1) is 0 Å². The number of hydrogen-bond donors (Lipinski definition) is 2. The molecule has 118 valence electrons. The summed E-state index contributed by atoms with van der Waals surface area (Å²) in [5.74, 6) is -0.560. The molecule has 1 atom stereocenters. The highest BCUT2D eigenvalue weighted by molar-refractivity contribution is 6.36. The molecule has 0 bridgehead atoms. The second-order valence-corrected chi connectivity index (χ2v) is 6.14. The number of carbonyl (C=O) groups is 2. The molecule has 6 heteroatoms. The Kier molecular flexibility index (Phi) is 4.55. The van der Waals surface area contributed by atoms with Crippen LogP contribution in [0.15, 0.2) is 42.5 Å². The third-order valence-electron chi connectivity index (χ3n) is 3.80. The van der Waals surface area contributed by atoms with Crippen LogP contribution in [-0.4, -0.2) is 18.4 Å². The number of anilines is 1. The van der Waals surface area contributed by atoms with Gasteiger partial charge in [-0.2, -0.15) is 0 Å². The summed E-state index contributed by atoms with van der Waals surface area (Å²) in [5, 5.41) is 6.42. The number of benzene rings is 2. The summed E-state index contributed by atoms with van der Waals surface area (Å²) < 4.78 is 0. The molecule has 0 radical (unpaired) electrons. The molecule has 0 fully saturated rings. The minimum atomic E-state index is -0.279. The number of halogens is 2. The van der Waals surface area contributed by atoms with Crippen molar-refractivity contribution in [3.63, 3.8) is 0 Å². The Bertz CT molecular complexity index is 777. The average Bonchev–Trinajstić information content (AvgIpc) is 2.83. The molecule has 23 heavy (non-hydrogen) atoms. The van der Waals surface area contributed by atoms with Gasteiger partial charge in [-0.1, -0.05) is 41.4 Å². The average molecular weight is 349 g/mol. The molecule has 2 aromatic carbocycles. The molecular formula is C17H14Cl2N2O2. The van der Waals surface area contributed by atoms with Gasteiger partial charge < -0.3 is 10.6 Å². The summed E-state index contributed by atoms with van der Waals surface area (Å²) in [6, 6.07) is 12.3.